The predicted molar refractivity (Wildman–Crippen MR) is 103 cm³/mol. The van der Waals surface area contributed by atoms with Gasteiger partial charge in [0.05, 0.1) is 18.9 Å². The van der Waals surface area contributed by atoms with Gasteiger partial charge in [0.2, 0.25) is 0 Å². The number of aliphatic hydroxyl groups is 1. The number of hydrogen-bond acceptors (Lipinski definition) is 3. The monoisotopic (exact) mass is 363 g/mol. The van der Waals surface area contributed by atoms with Gasteiger partial charge >= 0.3 is 0 Å². The maximum Gasteiger partial charge on any atom is 0.274 e. The SMILES string of the molecule is C[C@H]1C[C@H](OC[C@H](O)C[NH+]2CCN(c3cccc[nH+]3)CC2)CC(C)(C)C1. The summed E-state index contributed by atoms with van der Waals surface area (Å²) in [4.78, 5) is 7.17. The van der Waals surface area contributed by atoms with Gasteiger partial charge in [-0.05, 0) is 36.7 Å². The van der Waals surface area contributed by atoms with Gasteiger partial charge in [0.1, 0.15) is 38.8 Å². The number of ether oxygens (including phenoxy) is 1. The first kappa shape index (κ1) is 19.6. The summed E-state index contributed by atoms with van der Waals surface area (Å²) in [6, 6.07) is 6.20. The Balaban J connectivity index is 1.37. The number of nitrogens with zero attached hydrogens (tertiary/aromatic N) is 1. The number of nitrogens with one attached hydrogen (secondary N) is 2. The van der Waals surface area contributed by atoms with Gasteiger partial charge in [-0.1, -0.05) is 26.8 Å². The molecule has 0 spiro atoms. The number of aromatic nitrogens is 1. The standard InChI is InChI=1S/C21H35N3O2/c1-17-12-19(14-21(2,3)13-17)26-16-18(25)15-23-8-10-24(11-9-23)20-6-4-5-7-22-20/h4-7,17-19,25H,8-16H2,1-3H3/p+2/t17-,18+,19-/m0/s1. The summed E-state index contributed by atoms with van der Waals surface area (Å²) >= 11 is 0. The van der Waals surface area contributed by atoms with Crippen LogP contribution in [0.2, 0.25) is 0 Å². The summed E-state index contributed by atoms with van der Waals surface area (Å²) in [7, 11) is 0. The van der Waals surface area contributed by atoms with Crippen LogP contribution >= 0.6 is 0 Å². The number of anilines is 1. The zero-order chi connectivity index (χ0) is 18.6. The molecule has 0 unspecified atom stereocenters. The highest BCUT2D eigenvalue weighted by molar-refractivity contribution is 5.31. The third-order valence-electron chi connectivity index (χ3n) is 5.90. The number of aromatic amines is 1. The Hall–Kier alpha value is -1.17. The fraction of sp³-hybridized carbons (Fsp3) is 0.762. The van der Waals surface area contributed by atoms with Crippen molar-refractivity contribution < 1.29 is 19.7 Å². The van der Waals surface area contributed by atoms with Crippen molar-refractivity contribution in [2.24, 2.45) is 11.3 Å². The summed E-state index contributed by atoms with van der Waals surface area (Å²) in [6.07, 6.45) is 5.45. The van der Waals surface area contributed by atoms with E-state index in [1.807, 2.05) is 12.3 Å². The number of H-pyrrole nitrogens is 1. The van der Waals surface area contributed by atoms with Gasteiger partial charge in [-0.15, -0.1) is 0 Å². The largest absolute Gasteiger partial charge is 0.385 e. The maximum atomic E-state index is 10.4. The van der Waals surface area contributed by atoms with Crippen molar-refractivity contribution in [2.45, 2.75) is 52.2 Å². The Morgan fingerprint density at radius 1 is 1.31 bits per heavy atom. The lowest BCUT2D eigenvalue weighted by Gasteiger charge is -2.39. The van der Waals surface area contributed by atoms with Gasteiger partial charge < -0.3 is 14.7 Å². The summed E-state index contributed by atoms with van der Waals surface area (Å²) in [5, 5.41) is 10.4. The Morgan fingerprint density at radius 3 is 2.73 bits per heavy atom. The summed E-state index contributed by atoms with van der Waals surface area (Å²) in [6.45, 7) is 12.4. The van der Waals surface area contributed by atoms with Crippen LogP contribution in [0.4, 0.5) is 5.82 Å². The molecule has 1 aliphatic heterocycles. The molecular weight excluding hydrogens is 326 g/mol. The van der Waals surface area contributed by atoms with E-state index < -0.39 is 0 Å². The third-order valence-corrected chi connectivity index (χ3v) is 5.90. The van der Waals surface area contributed by atoms with E-state index in [-0.39, 0.29) is 6.10 Å². The molecule has 26 heavy (non-hydrogen) atoms. The second-order valence-corrected chi connectivity index (χ2v) is 9.21. The van der Waals surface area contributed by atoms with Crippen LogP contribution in [0.25, 0.3) is 0 Å². The number of hydrogen-bond donors (Lipinski definition) is 2. The second-order valence-electron chi connectivity index (χ2n) is 9.21. The number of rotatable bonds is 6. The molecule has 2 heterocycles. The molecule has 1 saturated heterocycles. The smallest absolute Gasteiger partial charge is 0.274 e. The molecule has 3 rings (SSSR count). The minimum absolute atomic E-state index is 0.309. The first-order valence-electron chi connectivity index (χ1n) is 10.3. The Kier molecular flexibility index (Phi) is 6.54. The summed E-state index contributed by atoms with van der Waals surface area (Å²) in [5.74, 6) is 1.90. The molecule has 1 aliphatic carbocycles. The van der Waals surface area contributed by atoms with Crippen molar-refractivity contribution in [1.29, 1.82) is 0 Å². The number of piperazine rings is 1. The van der Waals surface area contributed by atoms with Gasteiger partial charge in [0, 0.05) is 6.07 Å². The van der Waals surface area contributed by atoms with Crippen molar-refractivity contribution in [3.63, 3.8) is 0 Å². The molecule has 1 saturated carbocycles. The van der Waals surface area contributed by atoms with E-state index in [1.54, 1.807) is 0 Å². The van der Waals surface area contributed by atoms with Crippen LogP contribution in [0.5, 0.6) is 0 Å². The molecule has 0 radical (unpaired) electrons. The van der Waals surface area contributed by atoms with Gasteiger partial charge in [-0.2, -0.15) is 0 Å². The molecule has 1 aromatic rings. The van der Waals surface area contributed by atoms with E-state index in [1.165, 1.54) is 17.1 Å². The molecule has 5 nitrogen and oxygen atoms in total. The van der Waals surface area contributed by atoms with Crippen LogP contribution in [0.3, 0.4) is 0 Å². The molecule has 3 N–H and O–H groups in total. The van der Waals surface area contributed by atoms with Gasteiger partial charge in [-0.25, -0.2) is 4.98 Å². The topological polar surface area (TPSA) is 51.3 Å². The summed E-state index contributed by atoms with van der Waals surface area (Å²) in [5.41, 5.74) is 0.364. The van der Waals surface area contributed by atoms with Crippen LogP contribution in [0, 0.1) is 11.3 Å². The highest BCUT2D eigenvalue weighted by Gasteiger charge is 2.33. The summed E-state index contributed by atoms with van der Waals surface area (Å²) < 4.78 is 6.10. The van der Waals surface area contributed by atoms with E-state index in [4.69, 9.17) is 4.74 Å². The third kappa shape index (κ3) is 5.66. The van der Waals surface area contributed by atoms with Crippen LogP contribution in [0.15, 0.2) is 24.4 Å². The number of quaternary nitrogens is 1. The van der Waals surface area contributed by atoms with E-state index in [2.05, 4.69) is 42.8 Å². The Morgan fingerprint density at radius 2 is 2.08 bits per heavy atom. The second kappa shape index (κ2) is 8.68. The van der Waals surface area contributed by atoms with E-state index in [9.17, 15) is 5.11 Å². The van der Waals surface area contributed by atoms with Crippen molar-refractivity contribution in [3.8, 4) is 0 Å². The van der Waals surface area contributed by atoms with E-state index in [0.29, 0.717) is 18.1 Å². The Labute approximate surface area is 158 Å². The van der Waals surface area contributed by atoms with Crippen molar-refractivity contribution in [1.82, 2.24) is 0 Å². The lowest BCUT2D eigenvalue weighted by Crippen LogP contribution is -3.16. The van der Waals surface area contributed by atoms with Gasteiger partial charge in [-0.3, -0.25) is 4.90 Å². The van der Waals surface area contributed by atoms with Crippen LogP contribution in [-0.4, -0.2) is 56.6 Å². The average molecular weight is 364 g/mol. The van der Waals surface area contributed by atoms with Crippen LogP contribution < -0.4 is 14.8 Å². The number of aliphatic hydroxyl groups excluding tert-OH is 1. The maximum absolute atomic E-state index is 10.4. The fourth-order valence-electron chi connectivity index (χ4n) is 4.87. The van der Waals surface area contributed by atoms with Gasteiger partial charge in [0.15, 0.2) is 0 Å². The lowest BCUT2D eigenvalue weighted by molar-refractivity contribution is -0.903. The molecule has 0 bridgehead atoms. The zero-order valence-electron chi connectivity index (χ0n) is 16.7. The van der Waals surface area contributed by atoms with Crippen molar-refractivity contribution in [3.05, 3.63) is 24.4 Å². The first-order chi connectivity index (χ1) is 12.4. The molecule has 3 atom stereocenters. The minimum atomic E-state index is -0.361. The highest BCUT2D eigenvalue weighted by atomic mass is 16.5. The predicted octanol–water partition coefficient (Wildman–Crippen LogP) is 0.798. The molecule has 2 aliphatic rings. The van der Waals surface area contributed by atoms with Gasteiger partial charge in [0.25, 0.3) is 5.82 Å². The van der Waals surface area contributed by atoms with Crippen molar-refractivity contribution in [2.75, 3.05) is 44.2 Å². The molecule has 146 valence electrons. The van der Waals surface area contributed by atoms with Crippen molar-refractivity contribution >= 4 is 5.82 Å². The molecule has 0 aromatic carbocycles. The lowest BCUT2D eigenvalue weighted by atomic mass is 9.71. The molecule has 0 amide bonds. The normalized spacial score (nSPS) is 28.1. The molecule has 2 fully saturated rings. The van der Waals surface area contributed by atoms with Crippen LogP contribution in [-0.2, 0) is 4.74 Å². The van der Waals surface area contributed by atoms with Crippen LogP contribution in [0.1, 0.15) is 40.0 Å². The molecule has 1 aromatic heterocycles. The average Bonchev–Trinajstić information content (AvgIpc) is 2.60. The number of pyridine rings is 1. The minimum Gasteiger partial charge on any atom is -0.385 e. The zero-order valence-corrected chi connectivity index (χ0v) is 16.7. The molecule has 5 heteroatoms. The highest BCUT2D eigenvalue weighted by Crippen LogP contribution is 2.39. The van der Waals surface area contributed by atoms with E-state index in [0.717, 1.165) is 51.5 Å². The fourth-order valence-corrected chi connectivity index (χ4v) is 4.87. The quantitative estimate of drug-likeness (QED) is 0.786. The van der Waals surface area contributed by atoms with E-state index >= 15 is 0 Å². The molecular formula is C21H37N3O2+2. The first-order valence-corrected chi connectivity index (χ1v) is 10.3. The Bertz CT molecular complexity index is 543.